The van der Waals surface area contributed by atoms with Crippen molar-refractivity contribution in [2.45, 2.75) is 59.3 Å². The zero-order chi connectivity index (χ0) is 15.8. The van der Waals surface area contributed by atoms with Gasteiger partial charge in [-0.25, -0.2) is 9.78 Å². The second-order valence-corrected chi connectivity index (χ2v) is 6.16. The number of unbranched alkanes of at least 4 members (excludes halogenated alkanes) is 1. The number of ether oxygens (including phenoxy) is 1. The molecule has 0 saturated heterocycles. The molecular formula is C17H26ClNO2. The van der Waals surface area contributed by atoms with Crippen molar-refractivity contribution in [2.24, 2.45) is 5.92 Å². The first-order chi connectivity index (χ1) is 9.97. The fourth-order valence-electron chi connectivity index (χ4n) is 2.11. The molecule has 3 nitrogen and oxygen atoms in total. The van der Waals surface area contributed by atoms with E-state index in [1.807, 2.05) is 13.8 Å². The minimum Gasteiger partial charge on any atom is -0.462 e. The number of esters is 1. The van der Waals surface area contributed by atoms with E-state index >= 15 is 0 Å². The van der Waals surface area contributed by atoms with Gasteiger partial charge in [-0.2, -0.15) is 0 Å². The Morgan fingerprint density at radius 1 is 1.33 bits per heavy atom. The van der Waals surface area contributed by atoms with E-state index < -0.39 is 0 Å². The lowest BCUT2D eigenvalue weighted by atomic mass is 10.0. The maximum absolute atomic E-state index is 12.2. The highest BCUT2D eigenvalue weighted by Gasteiger charge is 2.14. The van der Waals surface area contributed by atoms with Crippen LogP contribution in [0.1, 0.15) is 75.3 Å². The van der Waals surface area contributed by atoms with Crippen LogP contribution in [0.2, 0.25) is 5.15 Å². The molecule has 4 heteroatoms. The van der Waals surface area contributed by atoms with Gasteiger partial charge in [0.25, 0.3) is 0 Å². The van der Waals surface area contributed by atoms with Crippen molar-refractivity contribution in [3.63, 3.8) is 0 Å². The van der Waals surface area contributed by atoms with Crippen molar-refractivity contribution in [3.05, 3.63) is 28.5 Å². The summed E-state index contributed by atoms with van der Waals surface area (Å²) in [5.74, 6) is 0.357. The van der Waals surface area contributed by atoms with Crippen LogP contribution in [-0.2, 0) is 4.74 Å². The number of nitrogens with zero attached hydrogens (tertiary/aromatic N) is 1. The van der Waals surface area contributed by atoms with Crippen LogP contribution in [0.3, 0.4) is 0 Å². The third-order valence-corrected chi connectivity index (χ3v) is 3.83. The molecule has 0 amide bonds. The molecule has 0 spiro atoms. The summed E-state index contributed by atoms with van der Waals surface area (Å²) in [4.78, 5) is 16.4. The van der Waals surface area contributed by atoms with Crippen LogP contribution < -0.4 is 0 Å². The minimum atomic E-state index is -0.309. The SMILES string of the molecule is CCCCC(CC)COC(=O)c1cc(Cl)nc(C(C)C)c1. The average Bonchev–Trinajstić information content (AvgIpc) is 2.46. The predicted octanol–water partition coefficient (Wildman–Crippen LogP) is 5.23. The second kappa shape index (κ2) is 9.04. The van der Waals surface area contributed by atoms with Crippen molar-refractivity contribution in [1.29, 1.82) is 0 Å². The van der Waals surface area contributed by atoms with Crippen LogP contribution in [-0.4, -0.2) is 17.6 Å². The Balaban J connectivity index is 2.66. The number of rotatable bonds is 8. The number of hydrogen-bond donors (Lipinski definition) is 0. The molecule has 1 aromatic heterocycles. The van der Waals surface area contributed by atoms with Crippen LogP contribution in [0.15, 0.2) is 12.1 Å². The molecule has 0 fully saturated rings. The van der Waals surface area contributed by atoms with Gasteiger partial charge in [0.1, 0.15) is 5.15 Å². The van der Waals surface area contributed by atoms with E-state index in [0.29, 0.717) is 23.2 Å². The lowest BCUT2D eigenvalue weighted by Crippen LogP contribution is -2.14. The van der Waals surface area contributed by atoms with Crippen LogP contribution >= 0.6 is 11.6 Å². The fourth-order valence-corrected chi connectivity index (χ4v) is 2.32. The second-order valence-electron chi connectivity index (χ2n) is 5.77. The Morgan fingerprint density at radius 3 is 2.62 bits per heavy atom. The van der Waals surface area contributed by atoms with E-state index in [1.165, 1.54) is 12.8 Å². The van der Waals surface area contributed by atoms with Gasteiger partial charge >= 0.3 is 5.97 Å². The zero-order valence-corrected chi connectivity index (χ0v) is 14.2. The van der Waals surface area contributed by atoms with E-state index in [9.17, 15) is 4.79 Å². The third-order valence-electron chi connectivity index (χ3n) is 3.63. The molecule has 0 aliphatic carbocycles. The number of carbonyl (C=O) groups is 1. The Kier molecular flexibility index (Phi) is 7.73. The van der Waals surface area contributed by atoms with E-state index in [4.69, 9.17) is 16.3 Å². The largest absolute Gasteiger partial charge is 0.462 e. The first-order valence-electron chi connectivity index (χ1n) is 7.82. The highest BCUT2D eigenvalue weighted by molar-refractivity contribution is 6.29. The number of pyridine rings is 1. The number of aromatic nitrogens is 1. The molecule has 118 valence electrons. The van der Waals surface area contributed by atoms with Gasteiger partial charge in [0.2, 0.25) is 0 Å². The van der Waals surface area contributed by atoms with Crippen LogP contribution in [0.25, 0.3) is 0 Å². The van der Waals surface area contributed by atoms with Gasteiger partial charge in [-0.05, 0) is 30.4 Å². The Morgan fingerprint density at radius 2 is 2.05 bits per heavy atom. The summed E-state index contributed by atoms with van der Waals surface area (Å²) in [7, 11) is 0. The van der Waals surface area contributed by atoms with Crippen LogP contribution in [0.5, 0.6) is 0 Å². The molecule has 1 heterocycles. The molecule has 0 aromatic carbocycles. The summed E-state index contributed by atoms with van der Waals surface area (Å²) >= 11 is 5.98. The normalized spacial score (nSPS) is 12.5. The van der Waals surface area contributed by atoms with E-state index in [-0.39, 0.29) is 11.9 Å². The summed E-state index contributed by atoms with van der Waals surface area (Å²) in [5, 5.41) is 0.339. The summed E-state index contributed by atoms with van der Waals surface area (Å²) in [5.41, 5.74) is 1.30. The van der Waals surface area contributed by atoms with Gasteiger partial charge < -0.3 is 4.74 Å². The average molecular weight is 312 g/mol. The predicted molar refractivity (Wildman–Crippen MR) is 86.9 cm³/mol. The minimum absolute atomic E-state index is 0.225. The smallest absolute Gasteiger partial charge is 0.338 e. The number of halogens is 1. The standard InChI is InChI=1S/C17H26ClNO2/c1-5-7-8-13(6-2)11-21-17(20)14-9-15(12(3)4)19-16(18)10-14/h9-10,12-13H,5-8,11H2,1-4H3. The lowest BCUT2D eigenvalue weighted by Gasteiger charge is -2.15. The van der Waals surface area contributed by atoms with Crippen molar-refractivity contribution in [2.75, 3.05) is 6.61 Å². The molecule has 1 aromatic rings. The third kappa shape index (κ3) is 6.04. The molecule has 0 saturated carbocycles. The van der Waals surface area contributed by atoms with E-state index in [2.05, 4.69) is 18.8 Å². The molecule has 1 unspecified atom stereocenters. The van der Waals surface area contributed by atoms with E-state index in [0.717, 1.165) is 18.5 Å². The van der Waals surface area contributed by atoms with Crippen molar-refractivity contribution < 1.29 is 9.53 Å². The Bertz CT molecular complexity index is 460. The summed E-state index contributed by atoms with van der Waals surface area (Å²) in [6.07, 6.45) is 4.48. The highest BCUT2D eigenvalue weighted by atomic mass is 35.5. The van der Waals surface area contributed by atoms with Gasteiger partial charge in [-0.3, -0.25) is 0 Å². The number of carbonyl (C=O) groups excluding carboxylic acids is 1. The fraction of sp³-hybridized carbons (Fsp3) is 0.647. The molecule has 21 heavy (non-hydrogen) atoms. The van der Waals surface area contributed by atoms with Crippen molar-refractivity contribution in [1.82, 2.24) is 4.98 Å². The van der Waals surface area contributed by atoms with Crippen LogP contribution in [0, 0.1) is 5.92 Å². The van der Waals surface area contributed by atoms with Gasteiger partial charge in [-0.1, -0.05) is 58.6 Å². The Hall–Kier alpha value is -1.09. The molecule has 0 bridgehead atoms. The molecular weight excluding hydrogens is 286 g/mol. The van der Waals surface area contributed by atoms with Gasteiger partial charge in [0.15, 0.2) is 0 Å². The van der Waals surface area contributed by atoms with Crippen molar-refractivity contribution >= 4 is 17.6 Å². The molecule has 1 rings (SSSR count). The van der Waals surface area contributed by atoms with E-state index in [1.54, 1.807) is 12.1 Å². The monoisotopic (exact) mass is 311 g/mol. The highest BCUT2D eigenvalue weighted by Crippen LogP contribution is 2.19. The number of hydrogen-bond acceptors (Lipinski definition) is 3. The maximum atomic E-state index is 12.2. The summed E-state index contributed by atoms with van der Waals surface area (Å²) in [6, 6.07) is 3.34. The molecule has 0 N–H and O–H groups in total. The lowest BCUT2D eigenvalue weighted by molar-refractivity contribution is 0.0428. The van der Waals surface area contributed by atoms with Gasteiger partial charge in [-0.15, -0.1) is 0 Å². The topological polar surface area (TPSA) is 39.2 Å². The molecule has 0 radical (unpaired) electrons. The first-order valence-corrected chi connectivity index (χ1v) is 8.20. The van der Waals surface area contributed by atoms with Crippen LogP contribution in [0.4, 0.5) is 0 Å². The maximum Gasteiger partial charge on any atom is 0.338 e. The molecule has 0 aliphatic heterocycles. The van der Waals surface area contributed by atoms with Crippen molar-refractivity contribution in [3.8, 4) is 0 Å². The first kappa shape index (κ1) is 18.0. The summed E-state index contributed by atoms with van der Waals surface area (Å²) in [6.45, 7) is 8.82. The molecule has 1 atom stereocenters. The quantitative estimate of drug-likeness (QED) is 0.487. The summed E-state index contributed by atoms with van der Waals surface area (Å²) < 4.78 is 5.44. The van der Waals surface area contributed by atoms with Gasteiger partial charge in [0, 0.05) is 5.69 Å². The van der Waals surface area contributed by atoms with Gasteiger partial charge in [0.05, 0.1) is 12.2 Å². The Labute approximate surface area is 133 Å². The zero-order valence-electron chi connectivity index (χ0n) is 13.5. The molecule has 0 aliphatic rings.